The third kappa shape index (κ3) is 2.89. The smallest absolute Gasteiger partial charge is 0.160 e. The second-order valence-corrected chi connectivity index (χ2v) is 5.09. The van der Waals surface area contributed by atoms with E-state index in [0.29, 0.717) is 11.8 Å². The molecule has 2 unspecified atom stereocenters. The normalized spacial score (nSPS) is 23.7. The van der Waals surface area contributed by atoms with E-state index in [1.165, 1.54) is 32.1 Å². The lowest BCUT2D eigenvalue weighted by atomic mass is 9.83. The van der Waals surface area contributed by atoms with Crippen molar-refractivity contribution in [3.63, 3.8) is 0 Å². The summed E-state index contributed by atoms with van der Waals surface area (Å²) in [7, 11) is 1.57. The van der Waals surface area contributed by atoms with Gasteiger partial charge in [0.2, 0.25) is 0 Å². The van der Waals surface area contributed by atoms with Gasteiger partial charge in [-0.2, -0.15) is 0 Å². The molecule has 1 fully saturated rings. The van der Waals surface area contributed by atoms with Gasteiger partial charge in [-0.15, -0.1) is 0 Å². The van der Waals surface area contributed by atoms with Crippen LogP contribution in [0.3, 0.4) is 0 Å². The molecule has 0 aromatic heterocycles. The highest BCUT2D eigenvalue weighted by Gasteiger charge is 2.23. The Balaban J connectivity index is 2.05. The fourth-order valence-corrected chi connectivity index (χ4v) is 2.88. The van der Waals surface area contributed by atoms with Crippen LogP contribution in [0.2, 0.25) is 0 Å². The maximum Gasteiger partial charge on any atom is 0.160 e. The van der Waals surface area contributed by atoms with Crippen LogP contribution in [0.15, 0.2) is 18.2 Å². The molecular formula is C15H23NO2. The lowest BCUT2D eigenvalue weighted by molar-refractivity contribution is 0.317. The molecule has 2 N–H and O–H groups in total. The van der Waals surface area contributed by atoms with Gasteiger partial charge in [-0.3, -0.25) is 0 Å². The molecule has 3 nitrogen and oxygen atoms in total. The second kappa shape index (κ2) is 5.98. The molecule has 2 rings (SSSR count). The number of aromatic hydroxyl groups is 1. The van der Waals surface area contributed by atoms with Gasteiger partial charge in [-0.25, -0.2) is 0 Å². The van der Waals surface area contributed by atoms with Crippen LogP contribution >= 0.6 is 0 Å². The lowest BCUT2D eigenvalue weighted by Crippen LogP contribution is -2.31. The summed E-state index contributed by atoms with van der Waals surface area (Å²) in [6.07, 6.45) is 6.42. The Morgan fingerprint density at radius 2 is 2.11 bits per heavy atom. The first-order valence-corrected chi connectivity index (χ1v) is 6.88. The number of nitrogens with one attached hydrogen (secondary N) is 1. The summed E-state index contributed by atoms with van der Waals surface area (Å²) < 4.78 is 5.05. The van der Waals surface area contributed by atoms with E-state index in [1.807, 2.05) is 6.07 Å². The number of hydrogen-bond acceptors (Lipinski definition) is 3. The van der Waals surface area contributed by atoms with E-state index >= 15 is 0 Å². The number of hydrogen-bond donors (Lipinski definition) is 2. The first-order chi connectivity index (χ1) is 8.74. The highest BCUT2D eigenvalue weighted by Crippen LogP contribution is 2.32. The van der Waals surface area contributed by atoms with Gasteiger partial charge >= 0.3 is 0 Å². The molecule has 1 aliphatic carbocycles. The Kier molecular flexibility index (Phi) is 4.34. The van der Waals surface area contributed by atoms with E-state index in [4.69, 9.17) is 4.74 Å². The van der Waals surface area contributed by atoms with Crippen molar-refractivity contribution in [2.24, 2.45) is 5.92 Å². The molecule has 3 heteroatoms. The number of ether oxygens (including phenoxy) is 1. The number of rotatable bonds is 4. The molecule has 100 valence electrons. The van der Waals surface area contributed by atoms with Crippen molar-refractivity contribution in [3.8, 4) is 11.5 Å². The van der Waals surface area contributed by atoms with Crippen LogP contribution in [0.25, 0.3) is 0 Å². The average Bonchev–Trinajstić information content (AvgIpc) is 2.39. The minimum Gasteiger partial charge on any atom is -0.504 e. The monoisotopic (exact) mass is 249 g/mol. The minimum atomic E-state index is 0.200. The van der Waals surface area contributed by atoms with Gasteiger partial charge in [0.05, 0.1) is 7.11 Å². The largest absolute Gasteiger partial charge is 0.504 e. The molecule has 1 aromatic rings. The molecule has 0 heterocycles. The Morgan fingerprint density at radius 3 is 2.78 bits per heavy atom. The molecule has 0 amide bonds. The van der Waals surface area contributed by atoms with E-state index in [1.54, 1.807) is 19.2 Å². The van der Waals surface area contributed by atoms with E-state index < -0.39 is 0 Å². The van der Waals surface area contributed by atoms with Crippen molar-refractivity contribution < 1.29 is 9.84 Å². The Bertz CT molecular complexity index is 392. The van der Waals surface area contributed by atoms with Gasteiger partial charge in [0, 0.05) is 17.8 Å². The summed E-state index contributed by atoms with van der Waals surface area (Å²) in [6, 6.07) is 6.07. The standard InChI is InChI=1S/C15H23NO2/c1-3-11-6-4-5-7-13(11)16-12-8-9-15(18-2)14(17)10-12/h8-11,13,16-17H,3-7H2,1-2H3. The molecule has 2 atom stereocenters. The summed E-state index contributed by atoms with van der Waals surface area (Å²) in [4.78, 5) is 0. The zero-order chi connectivity index (χ0) is 13.0. The molecule has 0 radical (unpaired) electrons. The third-order valence-electron chi connectivity index (χ3n) is 3.96. The van der Waals surface area contributed by atoms with Crippen molar-refractivity contribution in [1.29, 1.82) is 0 Å². The highest BCUT2D eigenvalue weighted by atomic mass is 16.5. The minimum absolute atomic E-state index is 0.200. The predicted octanol–water partition coefficient (Wildman–Crippen LogP) is 3.78. The summed E-state index contributed by atoms with van der Waals surface area (Å²) in [5.41, 5.74) is 0.985. The fraction of sp³-hybridized carbons (Fsp3) is 0.600. The topological polar surface area (TPSA) is 41.5 Å². The summed E-state index contributed by atoms with van der Waals surface area (Å²) in [6.45, 7) is 2.26. The van der Waals surface area contributed by atoms with E-state index in [0.717, 1.165) is 11.6 Å². The number of phenolic OH excluding ortho intramolecular Hbond substituents is 1. The van der Waals surface area contributed by atoms with E-state index in [9.17, 15) is 5.11 Å². The Morgan fingerprint density at radius 1 is 1.33 bits per heavy atom. The molecule has 18 heavy (non-hydrogen) atoms. The van der Waals surface area contributed by atoms with Gasteiger partial charge in [0.25, 0.3) is 0 Å². The maximum atomic E-state index is 9.78. The van der Waals surface area contributed by atoms with Gasteiger partial charge in [-0.1, -0.05) is 26.2 Å². The molecule has 0 aliphatic heterocycles. The van der Waals surface area contributed by atoms with Gasteiger partial charge < -0.3 is 15.2 Å². The second-order valence-electron chi connectivity index (χ2n) is 5.09. The van der Waals surface area contributed by atoms with Crippen molar-refractivity contribution in [3.05, 3.63) is 18.2 Å². The van der Waals surface area contributed by atoms with Crippen LogP contribution in [0.5, 0.6) is 11.5 Å². The zero-order valence-corrected chi connectivity index (χ0v) is 11.3. The van der Waals surface area contributed by atoms with Crippen LogP contribution < -0.4 is 10.1 Å². The van der Waals surface area contributed by atoms with Crippen molar-refractivity contribution in [2.75, 3.05) is 12.4 Å². The van der Waals surface area contributed by atoms with Crippen LogP contribution in [-0.2, 0) is 0 Å². The van der Waals surface area contributed by atoms with E-state index in [2.05, 4.69) is 12.2 Å². The van der Waals surface area contributed by atoms with Gasteiger partial charge in [-0.05, 0) is 30.9 Å². The highest BCUT2D eigenvalue weighted by molar-refractivity contribution is 5.54. The zero-order valence-electron chi connectivity index (χ0n) is 11.3. The number of methoxy groups -OCH3 is 1. The van der Waals surface area contributed by atoms with Gasteiger partial charge in [0.1, 0.15) is 0 Å². The quantitative estimate of drug-likeness (QED) is 0.853. The van der Waals surface area contributed by atoms with E-state index in [-0.39, 0.29) is 5.75 Å². The summed E-state index contributed by atoms with van der Waals surface area (Å²) >= 11 is 0. The van der Waals surface area contributed by atoms with Crippen LogP contribution in [0.4, 0.5) is 5.69 Å². The van der Waals surface area contributed by atoms with Crippen molar-refractivity contribution in [2.45, 2.75) is 45.1 Å². The SMILES string of the molecule is CCC1CCCCC1Nc1ccc(OC)c(O)c1. The number of anilines is 1. The van der Waals surface area contributed by atoms with Crippen LogP contribution in [-0.4, -0.2) is 18.3 Å². The Labute approximate surface area is 109 Å². The lowest BCUT2D eigenvalue weighted by Gasteiger charge is -2.32. The third-order valence-corrected chi connectivity index (χ3v) is 3.96. The fourth-order valence-electron chi connectivity index (χ4n) is 2.88. The molecular weight excluding hydrogens is 226 g/mol. The molecule has 0 spiro atoms. The van der Waals surface area contributed by atoms with Crippen molar-refractivity contribution >= 4 is 5.69 Å². The first kappa shape index (κ1) is 13.1. The van der Waals surface area contributed by atoms with Gasteiger partial charge in [0.15, 0.2) is 11.5 Å². The number of benzene rings is 1. The molecule has 1 aliphatic rings. The van der Waals surface area contributed by atoms with Crippen molar-refractivity contribution in [1.82, 2.24) is 0 Å². The van der Waals surface area contributed by atoms with Crippen LogP contribution in [0, 0.1) is 5.92 Å². The predicted molar refractivity (Wildman–Crippen MR) is 74.3 cm³/mol. The molecule has 1 aromatic carbocycles. The summed E-state index contributed by atoms with van der Waals surface area (Å²) in [5.74, 6) is 1.48. The first-order valence-electron chi connectivity index (χ1n) is 6.88. The average molecular weight is 249 g/mol. The summed E-state index contributed by atoms with van der Waals surface area (Å²) in [5, 5.41) is 13.3. The molecule has 1 saturated carbocycles. The molecule has 0 bridgehead atoms. The number of phenols is 1. The van der Waals surface area contributed by atoms with Crippen LogP contribution in [0.1, 0.15) is 39.0 Å². The maximum absolute atomic E-state index is 9.78. The Hall–Kier alpha value is -1.38. The molecule has 0 saturated heterocycles.